The fourth-order valence-corrected chi connectivity index (χ4v) is 3.41. The average Bonchev–Trinajstić information content (AvgIpc) is 3.16. The van der Waals surface area contributed by atoms with Crippen molar-refractivity contribution in [1.82, 2.24) is 15.1 Å². The summed E-state index contributed by atoms with van der Waals surface area (Å²) in [5.74, 6) is -0.194. The number of carbonyl (C=O) groups is 1. The Balaban J connectivity index is 1.75. The first-order chi connectivity index (χ1) is 11.0. The van der Waals surface area contributed by atoms with E-state index in [1.165, 1.54) is 17.5 Å². The lowest BCUT2D eigenvalue weighted by Gasteiger charge is -2.11. The summed E-state index contributed by atoms with van der Waals surface area (Å²) < 4.78 is 2.29. The van der Waals surface area contributed by atoms with Gasteiger partial charge in [0.15, 0.2) is 0 Å². The summed E-state index contributed by atoms with van der Waals surface area (Å²) in [5.41, 5.74) is 1.20. The Hall–Kier alpha value is -1.82. The fourth-order valence-electron chi connectivity index (χ4n) is 2.12. The number of para-hydroxylation sites is 1. The van der Waals surface area contributed by atoms with Crippen LogP contribution in [0.4, 0.5) is 0 Å². The summed E-state index contributed by atoms with van der Waals surface area (Å²) >= 11 is 13.5. The quantitative estimate of drug-likeness (QED) is 0.726. The Morgan fingerprint density at radius 3 is 2.74 bits per heavy atom. The van der Waals surface area contributed by atoms with Gasteiger partial charge in [0.05, 0.1) is 32.8 Å². The minimum Gasteiger partial charge on any atom is -0.345 e. The summed E-state index contributed by atoms with van der Waals surface area (Å²) in [5, 5.41) is 7.71. The molecule has 0 fully saturated rings. The lowest BCUT2D eigenvalue weighted by atomic mass is 10.2. The predicted octanol–water partition coefficient (Wildman–Crippen LogP) is 4.73. The second kappa shape index (κ2) is 6.74. The number of nitrogens with one attached hydrogen (secondary N) is 1. The van der Waals surface area contributed by atoms with Crippen LogP contribution in [-0.4, -0.2) is 15.7 Å². The molecule has 1 unspecified atom stereocenters. The topological polar surface area (TPSA) is 46.9 Å². The van der Waals surface area contributed by atoms with Crippen molar-refractivity contribution in [3.8, 4) is 5.69 Å². The van der Waals surface area contributed by atoms with Crippen molar-refractivity contribution in [3.63, 3.8) is 0 Å². The zero-order valence-corrected chi connectivity index (χ0v) is 14.5. The summed E-state index contributed by atoms with van der Waals surface area (Å²) in [4.78, 5) is 13.3. The molecular formula is C16H13Cl2N3OS. The molecule has 0 bridgehead atoms. The van der Waals surface area contributed by atoms with E-state index in [1.54, 1.807) is 16.9 Å². The van der Waals surface area contributed by atoms with Gasteiger partial charge in [0, 0.05) is 11.1 Å². The molecule has 0 aliphatic carbocycles. The second-order valence-corrected chi connectivity index (χ2v) is 7.12. The number of hydrogen-bond donors (Lipinski definition) is 1. The Morgan fingerprint density at radius 2 is 2.04 bits per heavy atom. The highest BCUT2D eigenvalue weighted by molar-refractivity contribution is 7.16. The van der Waals surface area contributed by atoms with E-state index in [0.29, 0.717) is 14.9 Å². The molecule has 0 saturated heterocycles. The van der Waals surface area contributed by atoms with Crippen molar-refractivity contribution in [1.29, 1.82) is 0 Å². The number of halogens is 2. The van der Waals surface area contributed by atoms with Crippen LogP contribution in [0.15, 0.2) is 48.8 Å². The van der Waals surface area contributed by atoms with E-state index in [1.807, 2.05) is 37.3 Å². The van der Waals surface area contributed by atoms with Crippen molar-refractivity contribution >= 4 is 40.4 Å². The Labute approximate surface area is 147 Å². The fraction of sp³-hybridized carbons (Fsp3) is 0.125. The maximum Gasteiger partial charge on any atom is 0.254 e. The molecule has 0 saturated carbocycles. The molecule has 2 aromatic heterocycles. The van der Waals surface area contributed by atoms with E-state index in [-0.39, 0.29) is 11.9 Å². The normalized spacial score (nSPS) is 12.1. The molecule has 1 aromatic carbocycles. The zero-order valence-electron chi connectivity index (χ0n) is 12.2. The highest BCUT2D eigenvalue weighted by atomic mass is 35.5. The highest BCUT2D eigenvalue weighted by Gasteiger charge is 2.15. The van der Waals surface area contributed by atoms with Crippen molar-refractivity contribution in [2.24, 2.45) is 0 Å². The largest absolute Gasteiger partial charge is 0.345 e. The van der Waals surface area contributed by atoms with E-state index >= 15 is 0 Å². The molecule has 3 rings (SSSR count). The van der Waals surface area contributed by atoms with Crippen LogP contribution in [0.3, 0.4) is 0 Å². The van der Waals surface area contributed by atoms with Crippen molar-refractivity contribution < 1.29 is 4.79 Å². The number of hydrogen-bond acceptors (Lipinski definition) is 3. The third-order valence-electron chi connectivity index (χ3n) is 3.31. The minimum absolute atomic E-state index is 0.122. The van der Waals surface area contributed by atoms with Gasteiger partial charge in [0.1, 0.15) is 0 Å². The van der Waals surface area contributed by atoms with Gasteiger partial charge in [-0.25, -0.2) is 4.68 Å². The molecular weight excluding hydrogens is 353 g/mol. The van der Waals surface area contributed by atoms with Crippen LogP contribution in [0.2, 0.25) is 9.36 Å². The van der Waals surface area contributed by atoms with Crippen LogP contribution in [0.25, 0.3) is 5.69 Å². The van der Waals surface area contributed by atoms with Crippen LogP contribution in [0.5, 0.6) is 0 Å². The first-order valence-corrected chi connectivity index (χ1v) is 8.47. The van der Waals surface area contributed by atoms with Crippen molar-refractivity contribution in [3.05, 3.63) is 68.6 Å². The number of nitrogens with zero attached hydrogens (tertiary/aromatic N) is 2. The Kier molecular flexibility index (Phi) is 4.71. The molecule has 1 amide bonds. The molecule has 3 aromatic rings. The van der Waals surface area contributed by atoms with Gasteiger partial charge in [-0.3, -0.25) is 4.79 Å². The molecule has 0 radical (unpaired) electrons. The number of thiophene rings is 1. The lowest BCUT2D eigenvalue weighted by Crippen LogP contribution is -2.25. The molecule has 1 N–H and O–H groups in total. The molecule has 23 heavy (non-hydrogen) atoms. The van der Waals surface area contributed by atoms with Gasteiger partial charge in [-0.1, -0.05) is 35.3 Å². The molecule has 0 aliphatic heterocycles. The van der Waals surface area contributed by atoms with Gasteiger partial charge < -0.3 is 5.32 Å². The molecule has 118 valence electrons. The van der Waals surface area contributed by atoms with Crippen LogP contribution < -0.4 is 5.32 Å². The predicted molar refractivity (Wildman–Crippen MR) is 93.8 cm³/mol. The second-order valence-electron chi connectivity index (χ2n) is 4.96. The zero-order chi connectivity index (χ0) is 16.4. The minimum atomic E-state index is -0.194. The summed E-state index contributed by atoms with van der Waals surface area (Å²) in [6.07, 6.45) is 3.18. The molecule has 0 aliphatic rings. The monoisotopic (exact) mass is 365 g/mol. The van der Waals surface area contributed by atoms with Gasteiger partial charge in [-0.15, -0.1) is 11.3 Å². The van der Waals surface area contributed by atoms with Gasteiger partial charge in [0.25, 0.3) is 5.91 Å². The van der Waals surface area contributed by atoms with Gasteiger partial charge >= 0.3 is 0 Å². The third-order valence-corrected chi connectivity index (χ3v) is 5.05. The molecule has 2 heterocycles. The van der Waals surface area contributed by atoms with E-state index < -0.39 is 0 Å². The first-order valence-electron chi connectivity index (χ1n) is 6.90. The number of benzene rings is 1. The van der Waals surface area contributed by atoms with Gasteiger partial charge in [-0.05, 0) is 31.2 Å². The molecule has 7 heteroatoms. The van der Waals surface area contributed by atoms with E-state index in [2.05, 4.69) is 10.4 Å². The van der Waals surface area contributed by atoms with Crippen molar-refractivity contribution in [2.45, 2.75) is 13.0 Å². The highest BCUT2D eigenvalue weighted by Crippen LogP contribution is 2.27. The molecule has 1 atom stereocenters. The Bertz CT molecular complexity index is 843. The van der Waals surface area contributed by atoms with E-state index in [0.717, 1.165) is 10.6 Å². The molecule has 4 nitrogen and oxygen atoms in total. The number of amides is 1. The van der Waals surface area contributed by atoms with Crippen LogP contribution in [0, 0.1) is 0 Å². The van der Waals surface area contributed by atoms with E-state index in [9.17, 15) is 4.79 Å². The Morgan fingerprint density at radius 1 is 1.26 bits per heavy atom. The smallest absolute Gasteiger partial charge is 0.254 e. The maximum atomic E-state index is 12.3. The summed E-state index contributed by atoms with van der Waals surface area (Å²) in [6.45, 7) is 1.92. The standard InChI is InChI=1S/C16H13Cl2N3OS/c1-10(14-6-7-15(18)23-14)20-16(22)11-8-19-21(9-11)13-5-3-2-4-12(13)17/h2-10H,1H3,(H,20,22). The molecule has 0 spiro atoms. The van der Waals surface area contributed by atoms with Crippen LogP contribution >= 0.6 is 34.5 Å². The SMILES string of the molecule is CC(NC(=O)c1cnn(-c2ccccc2Cl)c1)c1ccc(Cl)s1. The lowest BCUT2D eigenvalue weighted by molar-refractivity contribution is 0.0940. The number of rotatable bonds is 4. The van der Waals surface area contributed by atoms with Crippen LogP contribution in [0.1, 0.15) is 28.2 Å². The average molecular weight is 366 g/mol. The van der Waals surface area contributed by atoms with Crippen molar-refractivity contribution in [2.75, 3.05) is 0 Å². The third kappa shape index (κ3) is 3.58. The van der Waals surface area contributed by atoms with Crippen LogP contribution in [-0.2, 0) is 0 Å². The number of aromatic nitrogens is 2. The van der Waals surface area contributed by atoms with E-state index in [4.69, 9.17) is 23.2 Å². The van der Waals surface area contributed by atoms with Gasteiger partial charge in [0.2, 0.25) is 0 Å². The number of carbonyl (C=O) groups excluding carboxylic acids is 1. The van der Waals surface area contributed by atoms with Gasteiger partial charge in [-0.2, -0.15) is 5.10 Å². The first kappa shape index (κ1) is 16.1. The summed E-state index contributed by atoms with van der Waals surface area (Å²) in [6, 6.07) is 10.9. The summed E-state index contributed by atoms with van der Waals surface area (Å²) in [7, 11) is 0. The maximum absolute atomic E-state index is 12.3.